The Labute approximate surface area is 91.6 Å². The Balaban J connectivity index is 2.35. The summed E-state index contributed by atoms with van der Waals surface area (Å²) >= 11 is 0. The number of furan rings is 1. The van der Waals surface area contributed by atoms with Crippen LogP contribution in [0.15, 0.2) is 39.4 Å². The number of anilines is 1. The second-order valence-electron chi connectivity index (χ2n) is 3.68. The van der Waals surface area contributed by atoms with Gasteiger partial charge < -0.3 is 14.7 Å². The first kappa shape index (κ1) is 9.03. The minimum Gasteiger partial charge on any atom is -0.461 e. The Morgan fingerprint density at radius 2 is 2.12 bits per heavy atom. The molecular weight excluding hydrogens is 204 g/mol. The predicted molar refractivity (Wildman–Crippen MR) is 60.9 cm³/mol. The van der Waals surface area contributed by atoms with E-state index in [1.54, 1.807) is 6.20 Å². The minimum absolute atomic E-state index is 0.307. The lowest BCUT2D eigenvalue weighted by molar-refractivity contribution is 0.436. The molecule has 0 unspecified atom stereocenters. The molecule has 0 amide bonds. The maximum absolute atomic E-state index is 5.70. The van der Waals surface area contributed by atoms with Crippen molar-refractivity contribution < 1.29 is 8.94 Å². The van der Waals surface area contributed by atoms with E-state index >= 15 is 0 Å². The van der Waals surface area contributed by atoms with E-state index in [2.05, 4.69) is 5.16 Å². The van der Waals surface area contributed by atoms with Crippen LogP contribution in [0.3, 0.4) is 0 Å². The van der Waals surface area contributed by atoms with Gasteiger partial charge in [0.25, 0.3) is 0 Å². The van der Waals surface area contributed by atoms with Gasteiger partial charge in [0.1, 0.15) is 11.3 Å². The predicted octanol–water partition coefficient (Wildman–Crippen LogP) is 2.98. The van der Waals surface area contributed by atoms with Crippen molar-refractivity contribution in [3.8, 4) is 11.1 Å². The van der Waals surface area contributed by atoms with Gasteiger partial charge >= 0.3 is 0 Å². The standard InChI is InChI=1S/C12H10N2O2/c1-7-5-8-3-2-4-9(11(8)15-7)10-6-14-16-12(10)13/h2-6H,13H2,1H3. The van der Waals surface area contributed by atoms with Crippen LogP contribution in [-0.2, 0) is 0 Å². The van der Waals surface area contributed by atoms with Crippen LogP contribution in [0.2, 0.25) is 0 Å². The maximum Gasteiger partial charge on any atom is 0.230 e. The van der Waals surface area contributed by atoms with Crippen LogP contribution >= 0.6 is 0 Å². The fourth-order valence-corrected chi connectivity index (χ4v) is 1.85. The van der Waals surface area contributed by atoms with E-state index in [1.165, 1.54) is 0 Å². The Morgan fingerprint density at radius 1 is 1.25 bits per heavy atom. The molecule has 0 bridgehead atoms. The highest BCUT2D eigenvalue weighted by molar-refractivity contribution is 5.94. The monoisotopic (exact) mass is 214 g/mol. The topological polar surface area (TPSA) is 65.2 Å². The van der Waals surface area contributed by atoms with E-state index < -0.39 is 0 Å². The number of aryl methyl sites for hydroxylation is 1. The molecule has 0 aliphatic rings. The Bertz CT molecular complexity index is 652. The van der Waals surface area contributed by atoms with Gasteiger partial charge in [-0.2, -0.15) is 0 Å². The normalized spacial score (nSPS) is 11.1. The molecule has 0 aliphatic heterocycles. The van der Waals surface area contributed by atoms with E-state index in [9.17, 15) is 0 Å². The number of hydrogen-bond acceptors (Lipinski definition) is 4. The second kappa shape index (κ2) is 3.13. The first-order valence-electron chi connectivity index (χ1n) is 4.95. The molecule has 0 aliphatic carbocycles. The van der Waals surface area contributed by atoms with Crippen molar-refractivity contribution >= 4 is 16.9 Å². The van der Waals surface area contributed by atoms with Crippen molar-refractivity contribution in [3.05, 3.63) is 36.2 Å². The van der Waals surface area contributed by atoms with E-state index in [0.717, 1.165) is 27.9 Å². The highest BCUT2D eigenvalue weighted by Gasteiger charge is 2.13. The average Bonchev–Trinajstić information content (AvgIpc) is 2.82. The molecule has 0 spiro atoms. The van der Waals surface area contributed by atoms with Crippen LogP contribution in [0, 0.1) is 6.92 Å². The number of nitrogens with zero attached hydrogens (tertiary/aromatic N) is 1. The van der Waals surface area contributed by atoms with Crippen molar-refractivity contribution in [1.82, 2.24) is 5.16 Å². The lowest BCUT2D eigenvalue weighted by Crippen LogP contribution is -1.84. The van der Waals surface area contributed by atoms with Gasteiger partial charge in [-0.05, 0) is 13.0 Å². The molecule has 0 saturated heterocycles. The molecule has 3 aromatic rings. The van der Waals surface area contributed by atoms with Gasteiger partial charge in [-0.25, -0.2) is 0 Å². The summed E-state index contributed by atoms with van der Waals surface area (Å²) in [6.07, 6.45) is 1.60. The number of nitrogen functional groups attached to an aromatic ring is 1. The number of fused-ring (bicyclic) bond motifs is 1. The summed E-state index contributed by atoms with van der Waals surface area (Å²) in [6, 6.07) is 7.88. The highest BCUT2D eigenvalue weighted by atomic mass is 16.5. The second-order valence-corrected chi connectivity index (χ2v) is 3.68. The fourth-order valence-electron chi connectivity index (χ4n) is 1.85. The molecule has 3 rings (SSSR count). The van der Waals surface area contributed by atoms with Crippen LogP contribution in [0.5, 0.6) is 0 Å². The lowest BCUT2D eigenvalue weighted by atomic mass is 10.1. The van der Waals surface area contributed by atoms with Crippen molar-refractivity contribution in [3.63, 3.8) is 0 Å². The molecule has 0 atom stereocenters. The largest absolute Gasteiger partial charge is 0.461 e. The molecule has 0 saturated carbocycles. The number of para-hydroxylation sites is 1. The first-order valence-corrected chi connectivity index (χ1v) is 4.95. The zero-order chi connectivity index (χ0) is 11.1. The SMILES string of the molecule is Cc1cc2cccc(-c3cnoc3N)c2o1. The molecule has 2 heterocycles. The molecule has 0 fully saturated rings. The summed E-state index contributed by atoms with van der Waals surface area (Å²) in [4.78, 5) is 0. The fraction of sp³-hybridized carbons (Fsp3) is 0.0833. The Kier molecular flexibility index (Phi) is 1.77. The van der Waals surface area contributed by atoms with Crippen LogP contribution < -0.4 is 5.73 Å². The van der Waals surface area contributed by atoms with Crippen LogP contribution in [-0.4, -0.2) is 5.16 Å². The van der Waals surface area contributed by atoms with Gasteiger partial charge in [0.15, 0.2) is 0 Å². The Morgan fingerprint density at radius 3 is 2.88 bits per heavy atom. The average molecular weight is 214 g/mol. The molecular formula is C12H10N2O2. The molecule has 4 heteroatoms. The van der Waals surface area contributed by atoms with E-state index in [-0.39, 0.29) is 0 Å². The van der Waals surface area contributed by atoms with Crippen molar-refractivity contribution in [2.24, 2.45) is 0 Å². The highest BCUT2D eigenvalue weighted by Crippen LogP contribution is 2.33. The smallest absolute Gasteiger partial charge is 0.230 e. The Hall–Kier alpha value is -2.23. The van der Waals surface area contributed by atoms with Gasteiger partial charge in [-0.1, -0.05) is 23.4 Å². The third-order valence-electron chi connectivity index (χ3n) is 2.56. The molecule has 2 N–H and O–H groups in total. The summed E-state index contributed by atoms with van der Waals surface area (Å²) in [5.41, 5.74) is 8.18. The number of rotatable bonds is 1. The van der Waals surface area contributed by atoms with Crippen LogP contribution in [0.25, 0.3) is 22.1 Å². The summed E-state index contributed by atoms with van der Waals surface area (Å²) in [5, 5.41) is 4.72. The van der Waals surface area contributed by atoms with Gasteiger partial charge in [-0.3, -0.25) is 0 Å². The summed E-state index contributed by atoms with van der Waals surface area (Å²) in [5.74, 6) is 1.18. The van der Waals surface area contributed by atoms with Gasteiger partial charge in [0, 0.05) is 10.9 Å². The number of aromatic nitrogens is 1. The lowest BCUT2D eigenvalue weighted by Gasteiger charge is -1.98. The third kappa shape index (κ3) is 1.20. The van der Waals surface area contributed by atoms with E-state index in [0.29, 0.717) is 5.88 Å². The summed E-state index contributed by atoms with van der Waals surface area (Å²) in [7, 11) is 0. The zero-order valence-corrected chi connectivity index (χ0v) is 8.73. The third-order valence-corrected chi connectivity index (χ3v) is 2.56. The van der Waals surface area contributed by atoms with E-state index in [4.69, 9.17) is 14.7 Å². The summed E-state index contributed by atoms with van der Waals surface area (Å²) in [6.45, 7) is 1.92. The molecule has 1 aromatic carbocycles. The minimum atomic E-state index is 0.307. The number of hydrogen-bond donors (Lipinski definition) is 1. The van der Waals surface area contributed by atoms with Crippen LogP contribution in [0.1, 0.15) is 5.76 Å². The summed E-state index contributed by atoms with van der Waals surface area (Å²) < 4.78 is 10.5. The molecule has 0 radical (unpaired) electrons. The van der Waals surface area contributed by atoms with Crippen LogP contribution in [0.4, 0.5) is 5.88 Å². The molecule has 16 heavy (non-hydrogen) atoms. The van der Waals surface area contributed by atoms with E-state index in [1.807, 2.05) is 31.2 Å². The maximum atomic E-state index is 5.70. The first-order chi connectivity index (χ1) is 7.75. The quantitative estimate of drug-likeness (QED) is 0.676. The van der Waals surface area contributed by atoms with Gasteiger partial charge in [0.05, 0.1) is 11.8 Å². The van der Waals surface area contributed by atoms with Gasteiger partial charge in [-0.15, -0.1) is 0 Å². The number of benzene rings is 1. The molecule has 80 valence electrons. The zero-order valence-electron chi connectivity index (χ0n) is 8.73. The molecule has 2 aromatic heterocycles. The van der Waals surface area contributed by atoms with Crippen molar-refractivity contribution in [1.29, 1.82) is 0 Å². The number of nitrogens with two attached hydrogens (primary N) is 1. The van der Waals surface area contributed by atoms with Gasteiger partial charge in [0.2, 0.25) is 5.88 Å². The van der Waals surface area contributed by atoms with Crippen molar-refractivity contribution in [2.75, 3.05) is 5.73 Å². The van der Waals surface area contributed by atoms with Crippen molar-refractivity contribution in [2.45, 2.75) is 6.92 Å². The molecule has 4 nitrogen and oxygen atoms in total.